The maximum Gasteiger partial charge on any atom is 0.258 e. The number of amides is 1. The van der Waals surface area contributed by atoms with Gasteiger partial charge in [0.25, 0.3) is 5.91 Å². The summed E-state index contributed by atoms with van der Waals surface area (Å²) in [6.07, 6.45) is 1.94. The van der Waals surface area contributed by atoms with Crippen LogP contribution in [0.5, 0.6) is 11.5 Å². The van der Waals surface area contributed by atoms with Crippen molar-refractivity contribution in [2.45, 2.75) is 20.5 Å². The molecule has 4 heteroatoms. The lowest BCUT2D eigenvalue weighted by Crippen LogP contribution is -2.25. The molecule has 1 aliphatic rings. The van der Waals surface area contributed by atoms with E-state index in [9.17, 15) is 4.79 Å². The van der Waals surface area contributed by atoms with Crippen molar-refractivity contribution < 1.29 is 14.3 Å². The molecule has 4 nitrogen and oxygen atoms in total. The van der Waals surface area contributed by atoms with Crippen LogP contribution in [0.3, 0.4) is 0 Å². The number of rotatable bonds is 7. The zero-order chi connectivity index (χ0) is 23.5. The van der Waals surface area contributed by atoms with Crippen molar-refractivity contribution in [3.05, 3.63) is 102 Å². The molecule has 170 valence electrons. The van der Waals surface area contributed by atoms with Gasteiger partial charge in [0.05, 0.1) is 12.3 Å². The van der Waals surface area contributed by atoms with Gasteiger partial charge in [0.1, 0.15) is 6.61 Å². The van der Waals surface area contributed by atoms with Gasteiger partial charge in [0.15, 0.2) is 11.5 Å². The van der Waals surface area contributed by atoms with E-state index in [1.165, 1.54) is 10.8 Å². The van der Waals surface area contributed by atoms with E-state index >= 15 is 0 Å². The Labute approximate surface area is 200 Å². The second-order valence-corrected chi connectivity index (χ2v) is 8.23. The number of likely N-dealkylation sites (N-methyl/N-ethyl adjacent to an activating group) is 1. The van der Waals surface area contributed by atoms with Gasteiger partial charge in [-0.2, -0.15) is 0 Å². The largest absolute Gasteiger partial charge is 0.490 e. The van der Waals surface area contributed by atoms with Crippen molar-refractivity contribution in [2.75, 3.05) is 18.1 Å². The predicted molar refractivity (Wildman–Crippen MR) is 138 cm³/mol. The first-order valence-corrected chi connectivity index (χ1v) is 11.7. The molecule has 5 rings (SSSR count). The fraction of sp³-hybridized carbons (Fsp3) is 0.167. The number of hydrogen-bond acceptors (Lipinski definition) is 3. The van der Waals surface area contributed by atoms with Crippen LogP contribution < -0.4 is 14.4 Å². The first-order chi connectivity index (χ1) is 16.7. The second-order valence-electron chi connectivity index (χ2n) is 8.23. The highest BCUT2D eigenvalue weighted by atomic mass is 16.5. The van der Waals surface area contributed by atoms with Crippen LogP contribution >= 0.6 is 0 Å². The lowest BCUT2D eigenvalue weighted by molar-refractivity contribution is -0.112. The van der Waals surface area contributed by atoms with Crippen molar-refractivity contribution in [2.24, 2.45) is 0 Å². The highest BCUT2D eigenvalue weighted by Crippen LogP contribution is 2.38. The summed E-state index contributed by atoms with van der Waals surface area (Å²) in [6, 6.07) is 28.4. The minimum Gasteiger partial charge on any atom is -0.490 e. The number of ether oxygens (including phenoxy) is 2. The summed E-state index contributed by atoms with van der Waals surface area (Å²) in [5, 5.41) is 2.40. The number of carbonyl (C=O) groups is 1. The standard InChI is InChI=1S/C30H27NO3/c1-3-31-27-12-8-7-11-25(27)26(30(31)32)18-21-14-16-28(29(19-21)33-4-2)34-20-22-13-15-23-9-5-6-10-24(23)17-22/h5-19H,3-4,20H2,1-2H3/b26-18-. The Morgan fingerprint density at radius 2 is 1.59 bits per heavy atom. The quantitative estimate of drug-likeness (QED) is 0.294. The number of fused-ring (bicyclic) bond motifs is 2. The number of nitrogens with zero attached hydrogens (tertiary/aromatic N) is 1. The molecule has 0 spiro atoms. The first-order valence-electron chi connectivity index (χ1n) is 11.7. The molecule has 0 atom stereocenters. The summed E-state index contributed by atoms with van der Waals surface area (Å²) in [7, 11) is 0. The summed E-state index contributed by atoms with van der Waals surface area (Å²) in [6.45, 7) is 5.56. The first kappa shape index (κ1) is 21.8. The molecule has 1 heterocycles. The zero-order valence-electron chi connectivity index (χ0n) is 19.5. The van der Waals surface area contributed by atoms with Gasteiger partial charge in [0, 0.05) is 17.7 Å². The Morgan fingerprint density at radius 1 is 0.794 bits per heavy atom. The molecule has 0 unspecified atom stereocenters. The fourth-order valence-electron chi connectivity index (χ4n) is 4.42. The highest BCUT2D eigenvalue weighted by Gasteiger charge is 2.30. The van der Waals surface area contributed by atoms with Gasteiger partial charge in [-0.15, -0.1) is 0 Å². The Bertz CT molecular complexity index is 1390. The van der Waals surface area contributed by atoms with E-state index < -0.39 is 0 Å². The summed E-state index contributed by atoms with van der Waals surface area (Å²) in [5.74, 6) is 1.38. The van der Waals surface area contributed by atoms with Gasteiger partial charge in [-0.25, -0.2) is 0 Å². The highest BCUT2D eigenvalue weighted by molar-refractivity contribution is 6.35. The average molecular weight is 450 g/mol. The average Bonchev–Trinajstić information content (AvgIpc) is 3.14. The van der Waals surface area contributed by atoms with E-state index in [4.69, 9.17) is 9.47 Å². The molecule has 0 aliphatic carbocycles. The molecular formula is C30H27NO3. The third-order valence-electron chi connectivity index (χ3n) is 6.06. The van der Waals surface area contributed by atoms with Crippen LogP contribution in [0.1, 0.15) is 30.5 Å². The molecule has 0 bridgehead atoms. The molecular weight excluding hydrogens is 422 g/mol. The van der Waals surface area contributed by atoms with Crippen molar-refractivity contribution in [1.29, 1.82) is 0 Å². The molecule has 4 aromatic carbocycles. The predicted octanol–water partition coefficient (Wildman–Crippen LogP) is 6.72. The van der Waals surface area contributed by atoms with Crippen molar-refractivity contribution in [3.8, 4) is 11.5 Å². The summed E-state index contributed by atoms with van der Waals surface area (Å²) in [5.41, 5.74) is 4.62. The van der Waals surface area contributed by atoms with Crippen molar-refractivity contribution >= 4 is 34.0 Å². The Morgan fingerprint density at radius 3 is 2.41 bits per heavy atom. The van der Waals surface area contributed by atoms with E-state index in [1.807, 2.05) is 79.4 Å². The van der Waals surface area contributed by atoms with E-state index in [-0.39, 0.29) is 5.91 Å². The van der Waals surface area contributed by atoms with Crippen molar-refractivity contribution in [3.63, 3.8) is 0 Å². The second kappa shape index (κ2) is 9.44. The van der Waals surface area contributed by atoms with Crippen LogP contribution in [0.2, 0.25) is 0 Å². The lowest BCUT2D eigenvalue weighted by Gasteiger charge is -2.14. The number of hydrogen-bond donors (Lipinski definition) is 0. The van der Waals surface area contributed by atoms with Crippen LogP contribution in [0.25, 0.3) is 22.4 Å². The number of anilines is 1. The van der Waals surface area contributed by atoms with Gasteiger partial charge in [-0.3, -0.25) is 4.79 Å². The Balaban J connectivity index is 1.41. The van der Waals surface area contributed by atoms with Crippen LogP contribution in [0.15, 0.2) is 84.9 Å². The van der Waals surface area contributed by atoms with Crippen LogP contribution in [0, 0.1) is 0 Å². The number of carbonyl (C=O) groups excluding carboxylic acids is 1. The number of benzene rings is 4. The third kappa shape index (κ3) is 4.15. The Kier molecular flexibility index (Phi) is 6.05. The topological polar surface area (TPSA) is 38.8 Å². The molecule has 0 N–H and O–H groups in total. The lowest BCUT2D eigenvalue weighted by atomic mass is 10.0. The molecule has 0 fully saturated rings. The van der Waals surface area contributed by atoms with E-state index in [2.05, 4.69) is 30.3 Å². The zero-order valence-corrected chi connectivity index (χ0v) is 19.5. The Hall–Kier alpha value is -4.05. The molecule has 0 saturated carbocycles. The minimum atomic E-state index is 0.0262. The molecule has 1 amide bonds. The van der Waals surface area contributed by atoms with Gasteiger partial charge in [-0.1, -0.05) is 60.7 Å². The summed E-state index contributed by atoms with van der Waals surface area (Å²) in [4.78, 5) is 14.8. The summed E-state index contributed by atoms with van der Waals surface area (Å²) < 4.78 is 12.0. The van der Waals surface area contributed by atoms with Crippen LogP contribution in [-0.4, -0.2) is 19.1 Å². The monoisotopic (exact) mass is 449 g/mol. The third-order valence-corrected chi connectivity index (χ3v) is 6.06. The molecule has 0 saturated heterocycles. The SMILES string of the molecule is CCOc1cc(/C=C2\C(=O)N(CC)c3ccccc32)ccc1OCc1ccc2ccccc2c1. The molecule has 0 aromatic heterocycles. The van der Waals surface area contributed by atoms with Crippen LogP contribution in [-0.2, 0) is 11.4 Å². The minimum absolute atomic E-state index is 0.0262. The molecule has 34 heavy (non-hydrogen) atoms. The van der Waals surface area contributed by atoms with Gasteiger partial charge < -0.3 is 14.4 Å². The fourth-order valence-corrected chi connectivity index (χ4v) is 4.42. The van der Waals surface area contributed by atoms with Crippen molar-refractivity contribution in [1.82, 2.24) is 0 Å². The van der Waals surface area contributed by atoms with Gasteiger partial charge >= 0.3 is 0 Å². The maximum atomic E-state index is 13.0. The van der Waals surface area contributed by atoms with Gasteiger partial charge in [0.2, 0.25) is 0 Å². The summed E-state index contributed by atoms with van der Waals surface area (Å²) >= 11 is 0. The molecule has 4 aromatic rings. The van der Waals surface area contributed by atoms with E-state index in [1.54, 1.807) is 0 Å². The normalized spacial score (nSPS) is 14.0. The van der Waals surface area contributed by atoms with E-state index in [0.29, 0.717) is 36.8 Å². The van der Waals surface area contributed by atoms with Crippen LogP contribution in [0.4, 0.5) is 5.69 Å². The number of para-hydroxylation sites is 1. The molecule has 1 aliphatic heterocycles. The maximum absolute atomic E-state index is 13.0. The van der Waals surface area contributed by atoms with E-state index in [0.717, 1.165) is 22.4 Å². The van der Waals surface area contributed by atoms with Gasteiger partial charge in [-0.05, 0) is 66.1 Å². The molecule has 0 radical (unpaired) electrons. The smallest absolute Gasteiger partial charge is 0.258 e.